The molecule has 3 nitrogen and oxygen atoms in total. The van der Waals surface area contributed by atoms with Gasteiger partial charge in [-0.05, 0) is 31.0 Å². The van der Waals surface area contributed by atoms with Gasteiger partial charge in [-0.3, -0.25) is 4.79 Å². The fourth-order valence-electron chi connectivity index (χ4n) is 1.36. The largest absolute Gasteiger partial charge is 0.466 e. The highest BCUT2D eigenvalue weighted by Gasteiger charge is 2.12. The number of carbonyl (C=O) groups excluding carboxylic acids is 1. The van der Waals surface area contributed by atoms with Crippen LogP contribution in [0.25, 0.3) is 0 Å². The van der Waals surface area contributed by atoms with Crippen molar-refractivity contribution in [3.63, 3.8) is 0 Å². The standard InChI is InChI=1S/C12H16BrNO2.ClH/c1-3-16-12(15)7-11(14)9-5-4-8(2)10(13)6-9;/h4-6,11H,3,7,14H2,1-2H3;1H/t11-;/m0./s1. The maximum Gasteiger partial charge on any atom is 0.307 e. The van der Waals surface area contributed by atoms with Gasteiger partial charge < -0.3 is 10.5 Å². The first-order valence-corrected chi connectivity index (χ1v) is 6.01. The van der Waals surface area contributed by atoms with Crippen LogP contribution in [0.3, 0.4) is 0 Å². The van der Waals surface area contributed by atoms with E-state index in [0.29, 0.717) is 6.61 Å². The lowest BCUT2D eigenvalue weighted by Crippen LogP contribution is -2.17. The monoisotopic (exact) mass is 321 g/mol. The number of ether oxygens (including phenoxy) is 1. The Labute approximate surface area is 116 Å². The van der Waals surface area contributed by atoms with Crippen LogP contribution >= 0.6 is 28.3 Å². The zero-order valence-electron chi connectivity index (χ0n) is 9.90. The molecule has 17 heavy (non-hydrogen) atoms. The number of aryl methyl sites for hydroxylation is 1. The molecular formula is C12H17BrClNO2. The third kappa shape index (κ3) is 5.06. The van der Waals surface area contributed by atoms with Crippen molar-refractivity contribution >= 4 is 34.3 Å². The minimum Gasteiger partial charge on any atom is -0.466 e. The Morgan fingerprint density at radius 2 is 2.18 bits per heavy atom. The molecule has 0 aliphatic carbocycles. The van der Waals surface area contributed by atoms with Gasteiger partial charge in [0.05, 0.1) is 13.0 Å². The molecular weight excluding hydrogens is 305 g/mol. The van der Waals surface area contributed by atoms with Crippen LogP contribution in [0.2, 0.25) is 0 Å². The summed E-state index contributed by atoms with van der Waals surface area (Å²) in [5, 5.41) is 0. The summed E-state index contributed by atoms with van der Waals surface area (Å²) < 4.78 is 5.86. The van der Waals surface area contributed by atoms with E-state index >= 15 is 0 Å². The van der Waals surface area contributed by atoms with Crippen molar-refractivity contribution in [2.24, 2.45) is 5.73 Å². The molecule has 0 spiro atoms. The molecule has 1 rings (SSSR count). The van der Waals surface area contributed by atoms with Crippen molar-refractivity contribution < 1.29 is 9.53 Å². The predicted molar refractivity (Wildman–Crippen MR) is 74.3 cm³/mol. The van der Waals surface area contributed by atoms with Gasteiger partial charge in [0.2, 0.25) is 0 Å². The Morgan fingerprint density at radius 3 is 2.71 bits per heavy atom. The van der Waals surface area contributed by atoms with E-state index in [1.807, 2.05) is 25.1 Å². The van der Waals surface area contributed by atoms with Crippen LogP contribution in [0.4, 0.5) is 0 Å². The van der Waals surface area contributed by atoms with Crippen molar-refractivity contribution in [1.82, 2.24) is 0 Å². The van der Waals surface area contributed by atoms with E-state index in [-0.39, 0.29) is 30.8 Å². The molecule has 0 radical (unpaired) electrons. The number of halogens is 2. The Kier molecular flexibility index (Phi) is 7.43. The highest BCUT2D eigenvalue weighted by atomic mass is 79.9. The number of hydrogen-bond acceptors (Lipinski definition) is 3. The van der Waals surface area contributed by atoms with Gasteiger partial charge in [-0.1, -0.05) is 28.1 Å². The maximum atomic E-state index is 11.3. The van der Waals surface area contributed by atoms with Gasteiger partial charge in [0, 0.05) is 10.5 Å². The third-order valence-corrected chi connectivity index (χ3v) is 3.17. The summed E-state index contributed by atoms with van der Waals surface area (Å²) in [5.74, 6) is -0.258. The summed E-state index contributed by atoms with van der Waals surface area (Å²) in [6.07, 6.45) is 0.212. The fraction of sp³-hybridized carbons (Fsp3) is 0.417. The molecule has 0 aliphatic rings. The van der Waals surface area contributed by atoms with Crippen molar-refractivity contribution in [2.75, 3.05) is 6.61 Å². The summed E-state index contributed by atoms with van der Waals surface area (Å²) in [6.45, 7) is 4.18. The molecule has 0 bridgehead atoms. The number of nitrogens with two attached hydrogens (primary N) is 1. The smallest absolute Gasteiger partial charge is 0.307 e. The number of hydrogen-bond donors (Lipinski definition) is 1. The van der Waals surface area contributed by atoms with Gasteiger partial charge >= 0.3 is 5.97 Å². The van der Waals surface area contributed by atoms with Gasteiger partial charge in [0.15, 0.2) is 0 Å². The molecule has 1 atom stereocenters. The molecule has 0 amide bonds. The van der Waals surface area contributed by atoms with Gasteiger partial charge in [-0.15, -0.1) is 12.4 Å². The molecule has 1 aromatic carbocycles. The van der Waals surface area contributed by atoms with Crippen molar-refractivity contribution in [1.29, 1.82) is 0 Å². The first-order chi connectivity index (χ1) is 7.54. The molecule has 0 aliphatic heterocycles. The van der Waals surface area contributed by atoms with E-state index in [4.69, 9.17) is 10.5 Å². The topological polar surface area (TPSA) is 52.3 Å². The second kappa shape index (κ2) is 7.69. The predicted octanol–water partition coefficient (Wildman–Crippen LogP) is 3.13. The SMILES string of the molecule is CCOC(=O)C[C@H](N)c1ccc(C)c(Br)c1.Cl. The highest BCUT2D eigenvalue weighted by Crippen LogP contribution is 2.22. The molecule has 0 unspecified atom stereocenters. The molecule has 0 aromatic heterocycles. The molecule has 0 saturated heterocycles. The van der Waals surface area contributed by atoms with Gasteiger partial charge in [0.1, 0.15) is 0 Å². The maximum absolute atomic E-state index is 11.3. The van der Waals surface area contributed by atoms with Crippen LogP contribution in [0, 0.1) is 6.92 Å². The Balaban J connectivity index is 0.00000256. The summed E-state index contributed by atoms with van der Waals surface area (Å²) in [6, 6.07) is 5.55. The molecule has 0 heterocycles. The fourth-order valence-corrected chi connectivity index (χ4v) is 1.75. The lowest BCUT2D eigenvalue weighted by atomic mass is 10.0. The number of rotatable bonds is 4. The zero-order valence-corrected chi connectivity index (χ0v) is 12.3. The van der Waals surface area contributed by atoms with Gasteiger partial charge in [0.25, 0.3) is 0 Å². The molecule has 96 valence electrons. The summed E-state index contributed by atoms with van der Waals surface area (Å²) in [7, 11) is 0. The molecule has 1 aromatic rings. The summed E-state index contributed by atoms with van der Waals surface area (Å²) in [5.41, 5.74) is 8.00. The van der Waals surface area contributed by atoms with Gasteiger partial charge in [-0.25, -0.2) is 0 Å². The number of benzene rings is 1. The van der Waals surface area contributed by atoms with Crippen LogP contribution in [-0.4, -0.2) is 12.6 Å². The van der Waals surface area contributed by atoms with E-state index in [9.17, 15) is 4.79 Å². The van der Waals surface area contributed by atoms with Crippen LogP contribution in [0.5, 0.6) is 0 Å². The molecule has 0 fully saturated rings. The molecule has 0 saturated carbocycles. The van der Waals surface area contributed by atoms with Crippen LogP contribution in [0.1, 0.15) is 30.5 Å². The summed E-state index contributed by atoms with van der Waals surface area (Å²) in [4.78, 5) is 11.3. The minimum atomic E-state index is -0.309. The Hall–Kier alpha value is -0.580. The zero-order chi connectivity index (χ0) is 12.1. The highest BCUT2D eigenvalue weighted by molar-refractivity contribution is 9.10. The van der Waals surface area contributed by atoms with Crippen LogP contribution in [0.15, 0.2) is 22.7 Å². The Bertz CT molecular complexity index is 385. The second-order valence-electron chi connectivity index (χ2n) is 3.62. The van der Waals surface area contributed by atoms with Crippen molar-refractivity contribution in [3.05, 3.63) is 33.8 Å². The summed E-state index contributed by atoms with van der Waals surface area (Å²) >= 11 is 3.44. The lowest BCUT2D eigenvalue weighted by molar-refractivity contribution is -0.143. The van der Waals surface area contributed by atoms with E-state index in [2.05, 4.69) is 15.9 Å². The first-order valence-electron chi connectivity index (χ1n) is 5.21. The van der Waals surface area contributed by atoms with Crippen LogP contribution < -0.4 is 5.73 Å². The molecule has 5 heteroatoms. The Morgan fingerprint density at radius 1 is 1.53 bits per heavy atom. The van der Waals surface area contributed by atoms with E-state index in [0.717, 1.165) is 15.6 Å². The lowest BCUT2D eigenvalue weighted by Gasteiger charge is -2.12. The quantitative estimate of drug-likeness (QED) is 0.867. The van der Waals surface area contributed by atoms with Crippen molar-refractivity contribution in [2.45, 2.75) is 26.3 Å². The average Bonchev–Trinajstić information content (AvgIpc) is 2.22. The van der Waals surface area contributed by atoms with E-state index < -0.39 is 0 Å². The van der Waals surface area contributed by atoms with Gasteiger partial charge in [-0.2, -0.15) is 0 Å². The number of esters is 1. The molecule has 2 N–H and O–H groups in total. The normalized spacial score (nSPS) is 11.5. The van der Waals surface area contributed by atoms with E-state index in [1.54, 1.807) is 6.92 Å². The first kappa shape index (κ1) is 16.4. The minimum absolute atomic E-state index is 0. The second-order valence-corrected chi connectivity index (χ2v) is 4.48. The third-order valence-electron chi connectivity index (χ3n) is 2.32. The van der Waals surface area contributed by atoms with Crippen LogP contribution in [-0.2, 0) is 9.53 Å². The van der Waals surface area contributed by atoms with Crippen molar-refractivity contribution in [3.8, 4) is 0 Å². The van der Waals surface area contributed by atoms with E-state index in [1.165, 1.54) is 0 Å². The average molecular weight is 323 g/mol. The number of carbonyl (C=O) groups is 1.